The highest BCUT2D eigenvalue weighted by Gasteiger charge is 2.16. The number of hydrogen-bond donors (Lipinski definition) is 1. The maximum absolute atomic E-state index is 15.0. The van der Waals surface area contributed by atoms with E-state index < -0.39 is 0 Å². The third-order valence-electron chi connectivity index (χ3n) is 5.13. The van der Waals surface area contributed by atoms with Crippen LogP contribution in [0.2, 0.25) is 0 Å². The van der Waals surface area contributed by atoms with Crippen molar-refractivity contribution >= 4 is 27.6 Å². The number of carbonyl (C=O) groups is 1. The zero-order valence-electron chi connectivity index (χ0n) is 15.6. The van der Waals surface area contributed by atoms with Gasteiger partial charge in [0, 0.05) is 45.4 Å². The van der Waals surface area contributed by atoms with Gasteiger partial charge in [-0.3, -0.25) is 14.8 Å². The van der Waals surface area contributed by atoms with Crippen molar-refractivity contribution in [3.05, 3.63) is 84.6 Å². The molecule has 1 N–H and O–H groups in total. The summed E-state index contributed by atoms with van der Waals surface area (Å²) >= 11 is 0. The average molecular weight is 381 g/mol. The molecule has 5 rings (SSSR count). The van der Waals surface area contributed by atoms with E-state index in [0.717, 1.165) is 38.6 Å². The normalized spacial score (nSPS) is 11.2. The molecule has 0 aliphatic carbocycles. The van der Waals surface area contributed by atoms with Crippen molar-refractivity contribution in [2.75, 3.05) is 0 Å². The summed E-state index contributed by atoms with van der Waals surface area (Å²) in [7, 11) is 0. The van der Waals surface area contributed by atoms with E-state index in [1.165, 1.54) is 13.0 Å². The van der Waals surface area contributed by atoms with E-state index in [4.69, 9.17) is 0 Å². The van der Waals surface area contributed by atoms with Gasteiger partial charge in [-0.15, -0.1) is 0 Å². The van der Waals surface area contributed by atoms with Crippen molar-refractivity contribution in [2.45, 2.75) is 6.92 Å². The summed E-state index contributed by atoms with van der Waals surface area (Å²) in [5.74, 6) is -0.330. The summed E-state index contributed by atoms with van der Waals surface area (Å²) in [5.41, 5.74) is 5.16. The number of H-pyrrole nitrogens is 1. The summed E-state index contributed by atoms with van der Waals surface area (Å²) in [6.45, 7) is 1.52. The van der Waals surface area contributed by atoms with E-state index >= 15 is 0 Å². The maximum atomic E-state index is 15.0. The van der Waals surface area contributed by atoms with Gasteiger partial charge in [-0.2, -0.15) is 0 Å². The molecule has 5 heteroatoms. The van der Waals surface area contributed by atoms with Crippen LogP contribution in [0.5, 0.6) is 0 Å². The van der Waals surface area contributed by atoms with E-state index in [1.807, 2.05) is 18.2 Å². The van der Waals surface area contributed by atoms with Gasteiger partial charge >= 0.3 is 0 Å². The van der Waals surface area contributed by atoms with Gasteiger partial charge in [-0.1, -0.05) is 24.3 Å². The number of rotatable bonds is 3. The molecule has 4 nitrogen and oxygen atoms in total. The van der Waals surface area contributed by atoms with Gasteiger partial charge < -0.3 is 4.98 Å². The summed E-state index contributed by atoms with van der Waals surface area (Å²) in [5, 5.41) is 1.68. The molecule has 5 aromatic rings. The molecule has 0 amide bonds. The quantitative estimate of drug-likeness (QED) is 0.403. The van der Waals surface area contributed by atoms with Gasteiger partial charge in [0.2, 0.25) is 0 Å². The molecule has 0 radical (unpaired) electrons. The van der Waals surface area contributed by atoms with Crippen LogP contribution in [0.4, 0.5) is 4.39 Å². The first-order chi connectivity index (χ1) is 14.1. The van der Waals surface area contributed by atoms with Crippen molar-refractivity contribution in [1.82, 2.24) is 15.0 Å². The number of pyridine rings is 2. The average Bonchev–Trinajstić information content (AvgIpc) is 3.12. The highest BCUT2D eigenvalue weighted by atomic mass is 19.1. The molecule has 3 aromatic heterocycles. The second kappa shape index (κ2) is 6.63. The smallest absolute Gasteiger partial charge is 0.159 e. The molecular formula is C24H16FN3O. The molecule has 0 unspecified atom stereocenters. The van der Waals surface area contributed by atoms with Crippen molar-refractivity contribution in [1.29, 1.82) is 0 Å². The lowest BCUT2D eigenvalue weighted by atomic mass is 9.97. The third-order valence-corrected chi connectivity index (χ3v) is 5.13. The first kappa shape index (κ1) is 17.3. The molecule has 2 aromatic carbocycles. The number of nitrogens with zero attached hydrogens (tertiary/aromatic N) is 2. The Bertz CT molecular complexity index is 1370. The van der Waals surface area contributed by atoms with Crippen molar-refractivity contribution < 1.29 is 9.18 Å². The largest absolute Gasteiger partial charge is 0.353 e. The maximum Gasteiger partial charge on any atom is 0.159 e. The Balaban J connectivity index is 1.79. The Morgan fingerprint density at radius 2 is 1.79 bits per heavy atom. The van der Waals surface area contributed by atoms with E-state index in [0.29, 0.717) is 11.1 Å². The predicted molar refractivity (Wildman–Crippen MR) is 112 cm³/mol. The number of benzene rings is 2. The van der Waals surface area contributed by atoms with Crippen LogP contribution in [-0.2, 0) is 0 Å². The lowest BCUT2D eigenvalue weighted by Crippen LogP contribution is -1.92. The zero-order valence-corrected chi connectivity index (χ0v) is 15.6. The Morgan fingerprint density at radius 3 is 2.52 bits per heavy atom. The molecule has 0 aliphatic rings. The van der Waals surface area contributed by atoms with E-state index in [1.54, 1.807) is 48.9 Å². The van der Waals surface area contributed by atoms with Crippen LogP contribution in [0.25, 0.3) is 44.2 Å². The van der Waals surface area contributed by atoms with Crippen LogP contribution in [0, 0.1) is 5.82 Å². The number of carbonyl (C=O) groups excluding carboxylic acids is 1. The van der Waals surface area contributed by atoms with Gasteiger partial charge in [-0.25, -0.2) is 4.39 Å². The minimum Gasteiger partial charge on any atom is -0.353 e. The fourth-order valence-corrected chi connectivity index (χ4v) is 3.69. The number of aromatic amines is 1. The molecule has 3 heterocycles. The van der Waals surface area contributed by atoms with Crippen molar-refractivity contribution in [3.8, 4) is 22.4 Å². The first-order valence-corrected chi connectivity index (χ1v) is 9.23. The minimum atomic E-state index is -0.311. The summed E-state index contributed by atoms with van der Waals surface area (Å²) in [6, 6.07) is 16.0. The molecule has 0 atom stereocenters. The van der Waals surface area contributed by atoms with Crippen molar-refractivity contribution in [2.24, 2.45) is 0 Å². The monoisotopic (exact) mass is 381 g/mol. The SMILES string of the molecule is CC(=O)c1ccc(-c2c(F)ccc3[nH]c4cnc(-c5cccnc5)cc4c23)cc1. The van der Waals surface area contributed by atoms with Crippen LogP contribution in [0.1, 0.15) is 17.3 Å². The predicted octanol–water partition coefficient (Wildman–Crippen LogP) is 5.79. The molecule has 0 fully saturated rings. The Hall–Kier alpha value is -3.86. The summed E-state index contributed by atoms with van der Waals surface area (Å²) in [6.07, 6.45) is 5.23. The standard InChI is InChI=1S/C24H16FN3O/c1-14(29)15-4-6-16(7-5-15)23-19(25)8-9-20-24(23)18-11-21(27-13-22(18)28-20)17-3-2-10-26-12-17/h2-13,28H,1H3. The molecule has 0 aliphatic heterocycles. The van der Waals surface area contributed by atoms with E-state index in [2.05, 4.69) is 15.0 Å². The molecule has 0 saturated heterocycles. The fraction of sp³-hybridized carbons (Fsp3) is 0.0417. The minimum absolute atomic E-state index is 0.0190. The van der Waals surface area contributed by atoms with E-state index in [9.17, 15) is 9.18 Å². The third kappa shape index (κ3) is 2.88. The molecular weight excluding hydrogens is 365 g/mol. The second-order valence-corrected chi connectivity index (χ2v) is 6.96. The van der Waals surface area contributed by atoms with Crippen LogP contribution >= 0.6 is 0 Å². The Kier molecular flexibility index (Phi) is 3.95. The summed E-state index contributed by atoms with van der Waals surface area (Å²) < 4.78 is 15.0. The zero-order chi connectivity index (χ0) is 20.0. The number of Topliss-reactive ketones (excluding diaryl/α,β-unsaturated/α-hetero) is 1. The van der Waals surface area contributed by atoms with Gasteiger partial charge in [0.25, 0.3) is 0 Å². The number of ketones is 1. The number of hydrogen-bond acceptors (Lipinski definition) is 3. The topological polar surface area (TPSA) is 58.6 Å². The van der Waals surface area contributed by atoms with Crippen molar-refractivity contribution in [3.63, 3.8) is 0 Å². The molecule has 0 spiro atoms. The van der Waals surface area contributed by atoms with Crippen LogP contribution < -0.4 is 0 Å². The molecule has 29 heavy (non-hydrogen) atoms. The van der Waals surface area contributed by atoms with Crippen LogP contribution in [-0.4, -0.2) is 20.7 Å². The van der Waals surface area contributed by atoms with Gasteiger partial charge in [0.05, 0.1) is 17.4 Å². The van der Waals surface area contributed by atoms with Crippen LogP contribution in [0.15, 0.2) is 73.2 Å². The van der Waals surface area contributed by atoms with Crippen LogP contribution in [0.3, 0.4) is 0 Å². The fourth-order valence-electron chi connectivity index (χ4n) is 3.69. The molecule has 0 saturated carbocycles. The lowest BCUT2D eigenvalue weighted by Gasteiger charge is -2.08. The Morgan fingerprint density at radius 1 is 0.966 bits per heavy atom. The number of fused-ring (bicyclic) bond motifs is 3. The van der Waals surface area contributed by atoms with E-state index in [-0.39, 0.29) is 11.6 Å². The number of aromatic nitrogens is 3. The van der Waals surface area contributed by atoms with Gasteiger partial charge in [0.15, 0.2) is 5.78 Å². The van der Waals surface area contributed by atoms with Gasteiger partial charge in [0.1, 0.15) is 5.82 Å². The number of nitrogens with one attached hydrogen (secondary N) is 1. The number of halogens is 1. The van der Waals surface area contributed by atoms with Gasteiger partial charge in [-0.05, 0) is 42.8 Å². The lowest BCUT2D eigenvalue weighted by molar-refractivity contribution is 0.101. The highest BCUT2D eigenvalue weighted by molar-refractivity contribution is 6.14. The molecule has 140 valence electrons. The molecule has 0 bridgehead atoms. The highest BCUT2D eigenvalue weighted by Crippen LogP contribution is 2.37. The Labute approximate surface area is 166 Å². The summed E-state index contributed by atoms with van der Waals surface area (Å²) in [4.78, 5) is 23.6. The first-order valence-electron chi connectivity index (χ1n) is 9.23. The second-order valence-electron chi connectivity index (χ2n) is 6.96.